The fourth-order valence-electron chi connectivity index (χ4n) is 9.30. The lowest BCUT2D eigenvalue weighted by Crippen LogP contribution is -2.25. The summed E-state index contributed by atoms with van der Waals surface area (Å²) in [4.78, 5) is 10.6. The van der Waals surface area contributed by atoms with Crippen molar-refractivity contribution in [3.8, 4) is 56.4 Å². The van der Waals surface area contributed by atoms with Crippen LogP contribution in [0.25, 0.3) is 88.9 Å². The Morgan fingerprint density at radius 3 is 1.69 bits per heavy atom. The summed E-state index contributed by atoms with van der Waals surface area (Å²) >= 11 is 0. The molecule has 3 heteroatoms. The summed E-state index contributed by atoms with van der Waals surface area (Å²) in [6.07, 6.45) is 0. The molecule has 2 aliphatic rings. The summed E-state index contributed by atoms with van der Waals surface area (Å²) in [5.41, 5.74) is 13.9. The lowest BCUT2D eigenvalue weighted by Gasteiger charge is -2.30. The molecule has 2 aliphatic carbocycles. The molecule has 2 heterocycles. The maximum atomic E-state index is 6.74. The van der Waals surface area contributed by atoms with E-state index in [0.717, 1.165) is 55.8 Å². The van der Waals surface area contributed by atoms with Crippen LogP contribution in [0, 0.1) is 0 Å². The molecule has 0 aliphatic heterocycles. The first-order valence-electron chi connectivity index (χ1n) is 18.5. The van der Waals surface area contributed by atoms with Gasteiger partial charge in [0, 0.05) is 33.2 Å². The second-order valence-corrected chi connectivity index (χ2v) is 14.5. The number of benzene rings is 8. The Labute approximate surface area is 311 Å². The Bertz CT molecular complexity index is 3090. The van der Waals surface area contributed by atoms with Gasteiger partial charge in [-0.25, -0.2) is 9.97 Å². The average Bonchev–Trinajstić information content (AvgIpc) is 3.86. The number of hydrogen-bond acceptors (Lipinski definition) is 3. The van der Waals surface area contributed by atoms with Crippen LogP contribution in [0.2, 0.25) is 0 Å². The van der Waals surface area contributed by atoms with Gasteiger partial charge in [0.2, 0.25) is 0 Å². The SMILES string of the molecule is c1ccc2c(c1)-c1ccc(-c3cc(-c4ccc5ccccc5c4)nc(-c4ccc5ccccc5c4)n3)cc1C21c2ccccc2-c2oc3ccccc3c21. The molecule has 0 radical (unpaired) electrons. The van der Waals surface area contributed by atoms with Gasteiger partial charge >= 0.3 is 0 Å². The molecule has 10 aromatic rings. The average molecular weight is 687 g/mol. The molecule has 0 N–H and O–H groups in total. The fraction of sp³-hybridized carbons (Fsp3) is 0.0196. The number of furan rings is 1. The summed E-state index contributed by atoms with van der Waals surface area (Å²) in [6, 6.07) is 65.3. The zero-order valence-corrected chi connectivity index (χ0v) is 29.1. The highest BCUT2D eigenvalue weighted by molar-refractivity contribution is 6.02. The maximum Gasteiger partial charge on any atom is 0.160 e. The van der Waals surface area contributed by atoms with Crippen LogP contribution >= 0.6 is 0 Å². The standard InChI is InChI=1S/C51H30N2O/c1-3-13-33-27-35(23-21-31(33)11-1)45-30-46(53-50(52-45)37-24-22-32-12-2-4-14-34(32)28-37)36-25-26-39-38-15-5-8-18-42(38)51(44(39)29-36)43-19-9-6-16-40(43)49-48(51)41-17-7-10-20-47(41)54-49/h1-30H. The molecule has 54 heavy (non-hydrogen) atoms. The Morgan fingerprint density at radius 1 is 0.389 bits per heavy atom. The summed E-state index contributed by atoms with van der Waals surface area (Å²) < 4.78 is 6.74. The Balaban J connectivity index is 1.13. The van der Waals surface area contributed by atoms with Gasteiger partial charge in [0.1, 0.15) is 11.3 Å². The number of aromatic nitrogens is 2. The lowest BCUT2D eigenvalue weighted by atomic mass is 9.70. The van der Waals surface area contributed by atoms with Crippen LogP contribution in [0.15, 0.2) is 186 Å². The summed E-state index contributed by atoms with van der Waals surface area (Å²) in [6.45, 7) is 0. The van der Waals surface area contributed by atoms with Crippen LogP contribution < -0.4 is 0 Å². The van der Waals surface area contributed by atoms with Gasteiger partial charge in [-0.15, -0.1) is 0 Å². The third-order valence-corrected chi connectivity index (χ3v) is 11.7. The van der Waals surface area contributed by atoms with E-state index in [4.69, 9.17) is 14.4 Å². The van der Waals surface area contributed by atoms with Crippen molar-refractivity contribution in [3.63, 3.8) is 0 Å². The number of hydrogen-bond donors (Lipinski definition) is 0. The quantitative estimate of drug-likeness (QED) is 0.186. The molecule has 0 saturated carbocycles. The highest BCUT2D eigenvalue weighted by Gasteiger charge is 2.54. The number of para-hydroxylation sites is 1. The molecule has 0 fully saturated rings. The molecule has 3 nitrogen and oxygen atoms in total. The van der Waals surface area contributed by atoms with E-state index < -0.39 is 5.41 Å². The van der Waals surface area contributed by atoms with E-state index in [1.165, 1.54) is 49.5 Å². The molecule has 1 atom stereocenters. The van der Waals surface area contributed by atoms with E-state index in [-0.39, 0.29) is 0 Å². The summed E-state index contributed by atoms with van der Waals surface area (Å²) in [5.74, 6) is 1.66. The van der Waals surface area contributed by atoms with Gasteiger partial charge < -0.3 is 4.42 Å². The van der Waals surface area contributed by atoms with Gasteiger partial charge in [-0.1, -0.05) is 152 Å². The van der Waals surface area contributed by atoms with Crippen LogP contribution in [-0.2, 0) is 5.41 Å². The third kappa shape index (κ3) is 4.01. The molecule has 0 amide bonds. The van der Waals surface area contributed by atoms with E-state index >= 15 is 0 Å². The predicted octanol–water partition coefficient (Wildman–Crippen LogP) is 12.9. The van der Waals surface area contributed by atoms with Crippen molar-refractivity contribution in [2.75, 3.05) is 0 Å². The first-order chi connectivity index (χ1) is 26.7. The van der Waals surface area contributed by atoms with Crippen molar-refractivity contribution in [2.24, 2.45) is 0 Å². The summed E-state index contributed by atoms with van der Waals surface area (Å²) in [5, 5.41) is 5.89. The second kappa shape index (κ2) is 11.0. The largest absolute Gasteiger partial charge is 0.456 e. The van der Waals surface area contributed by atoms with Crippen LogP contribution in [0.1, 0.15) is 22.3 Å². The molecular weight excluding hydrogens is 657 g/mol. The van der Waals surface area contributed by atoms with Crippen LogP contribution in [-0.4, -0.2) is 9.97 Å². The van der Waals surface area contributed by atoms with Gasteiger partial charge in [-0.05, 0) is 79.7 Å². The van der Waals surface area contributed by atoms with Crippen molar-refractivity contribution >= 4 is 32.5 Å². The number of rotatable bonds is 3. The van der Waals surface area contributed by atoms with Crippen molar-refractivity contribution in [1.82, 2.24) is 9.97 Å². The van der Waals surface area contributed by atoms with E-state index in [2.05, 4.69) is 182 Å². The number of fused-ring (bicyclic) bond motifs is 14. The highest BCUT2D eigenvalue weighted by Crippen LogP contribution is 2.65. The van der Waals surface area contributed by atoms with Crippen LogP contribution in [0.5, 0.6) is 0 Å². The molecule has 8 aromatic carbocycles. The van der Waals surface area contributed by atoms with E-state index in [9.17, 15) is 0 Å². The molecule has 0 bridgehead atoms. The zero-order chi connectivity index (χ0) is 35.4. The van der Waals surface area contributed by atoms with Gasteiger partial charge in [0.25, 0.3) is 0 Å². The first-order valence-corrected chi connectivity index (χ1v) is 18.5. The van der Waals surface area contributed by atoms with Crippen molar-refractivity contribution in [3.05, 3.63) is 204 Å². The first kappa shape index (κ1) is 29.5. The zero-order valence-electron chi connectivity index (χ0n) is 29.1. The molecule has 250 valence electrons. The maximum absolute atomic E-state index is 6.74. The Hall–Kier alpha value is -7.10. The molecule has 2 aromatic heterocycles. The smallest absolute Gasteiger partial charge is 0.160 e. The van der Waals surface area contributed by atoms with Crippen LogP contribution in [0.3, 0.4) is 0 Å². The van der Waals surface area contributed by atoms with Gasteiger partial charge in [-0.2, -0.15) is 0 Å². The molecule has 12 rings (SSSR count). The minimum absolute atomic E-state index is 0.546. The third-order valence-electron chi connectivity index (χ3n) is 11.7. The Morgan fingerprint density at radius 2 is 0.926 bits per heavy atom. The highest BCUT2D eigenvalue weighted by atomic mass is 16.3. The molecular formula is C51H30N2O. The topological polar surface area (TPSA) is 38.9 Å². The summed E-state index contributed by atoms with van der Waals surface area (Å²) in [7, 11) is 0. The minimum Gasteiger partial charge on any atom is -0.456 e. The number of nitrogens with zero attached hydrogens (tertiary/aromatic N) is 2. The minimum atomic E-state index is -0.546. The lowest BCUT2D eigenvalue weighted by molar-refractivity contribution is 0.628. The normalized spacial score (nSPS) is 15.1. The van der Waals surface area contributed by atoms with Gasteiger partial charge in [0.05, 0.1) is 16.8 Å². The fourth-order valence-corrected chi connectivity index (χ4v) is 9.30. The van der Waals surface area contributed by atoms with E-state index in [1.807, 2.05) is 0 Å². The Kier molecular flexibility index (Phi) is 5.98. The molecule has 1 unspecified atom stereocenters. The molecule has 0 saturated heterocycles. The van der Waals surface area contributed by atoms with Crippen molar-refractivity contribution in [1.29, 1.82) is 0 Å². The van der Waals surface area contributed by atoms with Gasteiger partial charge in [-0.3, -0.25) is 0 Å². The van der Waals surface area contributed by atoms with Crippen LogP contribution in [0.4, 0.5) is 0 Å². The monoisotopic (exact) mass is 686 g/mol. The van der Waals surface area contributed by atoms with E-state index in [0.29, 0.717) is 5.82 Å². The predicted molar refractivity (Wildman–Crippen MR) is 219 cm³/mol. The van der Waals surface area contributed by atoms with Crippen molar-refractivity contribution in [2.45, 2.75) is 5.41 Å². The van der Waals surface area contributed by atoms with E-state index in [1.54, 1.807) is 0 Å². The van der Waals surface area contributed by atoms with Gasteiger partial charge in [0.15, 0.2) is 5.82 Å². The second-order valence-electron chi connectivity index (χ2n) is 14.5. The van der Waals surface area contributed by atoms with Crippen molar-refractivity contribution < 1.29 is 4.42 Å². The molecule has 1 spiro atoms.